The van der Waals surface area contributed by atoms with Crippen molar-refractivity contribution < 1.29 is 0 Å². The molecule has 5 rings (SSSR count). The molecule has 0 bridgehead atoms. The summed E-state index contributed by atoms with van der Waals surface area (Å²) in [5.41, 5.74) is 5.40. The van der Waals surface area contributed by atoms with Crippen molar-refractivity contribution in [2.24, 2.45) is 0 Å². The minimum atomic E-state index is 0.254. The molecule has 2 fully saturated rings. The third-order valence-corrected chi connectivity index (χ3v) is 7.81. The zero-order chi connectivity index (χ0) is 21.0. The van der Waals surface area contributed by atoms with Crippen molar-refractivity contribution in [1.82, 2.24) is 14.4 Å². The van der Waals surface area contributed by atoms with Crippen LogP contribution in [0.15, 0.2) is 23.0 Å². The van der Waals surface area contributed by atoms with Gasteiger partial charge in [-0.1, -0.05) is 25.7 Å². The van der Waals surface area contributed by atoms with Gasteiger partial charge < -0.3 is 9.47 Å². The Morgan fingerprint density at radius 1 is 0.645 bits per heavy atom. The van der Waals surface area contributed by atoms with Crippen LogP contribution in [0.2, 0.25) is 0 Å². The van der Waals surface area contributed by atoms with E-state index in [4.69, 9.17) is 0 Å². The first kappa shape index (κ1) is 21.2. The van der Waals surface area contributed by atoms with Gasteiger partial charge in [0.25, 0.3) is 5.56 Å². The standard InChI is InChI=1S/C27H39N3O/c31-27-25(21-29-14-5-2-1-3-6-15-29)19-24-18-22-10-9-11-23(22)20-26(24)30(27)17-16-28-12-7-4-8-13-28/h18-20H,1-17,21H2. The Bertz CT molecular complexity index is 949. The number of fused-ring (bicyclic) bond motifs is 2. The SMILES string of the molecule is O=c1c(CN2CCCCCCC2)cc2cc3c(cc2n1CCN1CCCCC1)CCC3. The van der Waals surface area contributed by atoms with E-state index < -0.39 is 0 Å². The molecule has 0 N–H and O–H groups in total. The van der Waals surface area contributed by atoms with Crippen molar-refractivity contribution in [2.75, 3.05) is 32.7 Å². The van der Waals surface area contributed by atoms with Gasteiger partial charge in [0.15, 0.2) is 0 Å². The lowest BCUT2D eigenvalue weighted by Crippen LogP contribution is -2.36. The van der Waals surface area contributed by atoms with E-state index in [0.717, 1.165) is 38.3 Å². The Hall–Kier alpha value is -1.65. The fourth-order valence-electron chi connectivity index (χ4n) is 5.98. The van der Waals surface area contributed by atoms with E-state index in [1.807, 2.05) is 0 Å². The number of aromatic nitrogens is 1. The number of pyridine rings is 1. The molecular formula is C27H39N3O. The molecular weight excluding hydrogens is 382 g/mol. The summed E-state index contributed by atoms with van der Waals surface area (Å²) in [5, 5.41) is 1.28. The minimum Gasteiger partial charge on any atom is -0.307 e. The van der Waals surface area contributed by atoms with Crippen molar-refractivity contribution in [1.29, 1.82) is 0 Å². The quantitative estimate of drug-likeness (QED) is 0.698. The van der Waals surface area contributed by atoms with Crippen LogP contribution in [0, 0.1) is 0 Å². The minimum absolute atomic E-state index is 0.254. The molecule has 0 radical (unpaired) electrons. The molecule has 2 aliphatic heterocycles. The maximum Gasteiger partial charge on any atom is 0.255 e. The molecule has 0 spiro atoms. The first-order valence-corrected chi connectivity index (χ1v) is 12.9. The zero-order valence-electron chi connectivity index (χ0n) is 19.2. The lowest BCUT2D eigenvalue weighted by atomic mass is 10.0. The maximum absolute atomic E-state index is 13.7. The largest absolute Gasteiger partial charge is 0.307 e. The average Bonchev–Trinajstić information content (AvgIpc) is 3.22. The second-order valence-electron chi connectivity index (χ2n) is 10.1. The Kier molecular flexibility index (Phi) is 6.75. The number of hydrogen-bond acceptors (Lipinski definition) is 3. The third kappa shape index (κ3) is 4.90. The van der Waals surface area contributed by atoms with Crippen LogP contribution in [-0.4, -0.2) is 47.1 Å². The number of likely N-dealkylation sites (tertiary alicyclic amines) is 2. The van der Waals surface area contributed by atoms with E-state index in [2.05, 4.69) is 32.6 Å². The predicted molar refractivity (Wildman–Crippen MR) is 129 cm³/mol. The molecule has 1 aliphatic carbocycles. The van der Waals surface area contributed by atoms with Crippen LogP contribution in [0.3, 0.4) is 0 Å². The zero-order valence-corrected chi connectivity index (χ0v) is 19.2. The first-order valence-electron chi connectivity index (χ1n) is 12.9. The second kappa shape index (κ2) is 9.87. The number of hydrogen-bond donors (Lipinski definition) is 0. The molecule has 2 aromatic rings. The molecule has 0 saturated carbocycles. The van der Waals surface area contributed by atoms with Gasteiger partial charge in [0.05, 0.1) is 5.52 Å². The summed E-state index contributed by atoms with van der Waals surface area (Å²) in [7, 11) is 0. The van der Waals surface area contributed by atoms with Gasteiger partial charge in [0.1, 0.15) is 0 Å². The normalized spacial score (nSPS) is 21.2. The van der Waals surface area contributed by atoms with Gasteiger partial charge in [-0.15, -0.1) is 0 Å². The van der Waals surface area contributed by atoms with E-state index in [9.17, 15) is 4.79 Å². The van der Waals surface area contributed by atoms with E-state index in [1.165, 1.54) is 106 Å². The van der Waals surface area contributed by atoms with Crippen molar-refractivity contribution >= 4 is 10.9 Å². The highest BCUT2D eigenvalue weighted by atomic mass is 16.1. The number of benzene rings is 1. The molecule has 31 heavy (non-hydrogen) atoms. The summed E-state index contributed by atoms with van der Waals surface area (Å²) in [5.74, 6) is 0. The molecule has 1 aromatic carbocycles. The van der Waals surface area contributed by atoms with E-state index >= 15 is 0 Å². The second-order valence-corrected chi connectivity index (χ2v) is 10.1. The maximum atomic E-state index is 13.7. The lowest BCUT2D eigenvalue weighted by molar-refractivity contribution is 0.220. The number of aryl methyl sites for hydroxylation is 2. The van der Waals surface area contributed by atoms with Gasteiger partial charge in [0.2, 0.25) is 0 Å². The summed E-state index contributed by atoms with van der Waals surface area (Å²) in [6.07, 6.45) is 14.2. The molecule has 0 amide bonds. The van der Waals surface area contributed by atoms with Crippen molar-refractivity contribution in [2.45, 2.75) is 83.7 Å². The number of nitrogens with zero attached hydrogens (tertiary/aromatic N) is 3. The highest BCUT2D eigenvalue weighted by Crippen LogP contribution is 2.28. The van der Waals surface area contributed by atoms with Crippen LogP contribution in [-0.2, 0) is 25.9 Å². The Morgan fingerprint density at radius 3 is 2.00 bits per heavy atom. The Morgan fingerprint density at radius 2 is 1.26 bits per heavy atom. The van der Waals surface area contributed by atoms with Gasteiger partial charge in [0, 0.05) is 25.2 Å². The summed E-state index contributed by atoms with van der Waals surface area (Å²) in [6.45, 7) is 7.28. The first-order chi connectivity index (χ1) is 15.3. The number of piperidine rings is 1. The van der Waals surface area contributed by atoms with Crippen LogP contribution < -0.4 is 5.56 Å². The van der Waals surface area contributed by atoms with Gasteiger partial charge in [-0.2, -0.15) is 0 Å². The van der Waals surface area contributed by atoms with Gasteiger partial charge in [-0.25, -0.2) is 0 Å². The molecule has 1 aromatic heterocycles. The average molecular weight is 422 g/mol. The lowest BCUT2D eigenvalue weighted by Gasteiger charge is -2.27. The molecule has 4 nitrogen and oxygen atoms in total. The topological polar surface area (TPSA) is 28.5 Å². The smallest absolute Gasteiger partial charge is 0.255 e. The molecule has 0 atom stereocenters. The van der Waals surface area contributed by atoms with Crippen LogP contribution in [0.5, 0.6) is 0 Å². The predicted octanol–water partition coefficient (Wildman–Crippen LogP) is 4.74. The van der Waals surface area contributed by atoms with E-state index in [0.29, 0.717) is 0 Å². The Balaban J connectivity index is 1.47. The summed E-state index contributed by atoms with van der Waals surface area (Å²) >= 11 is 0. The summed E-state index contributed by atoms with van der Waals surface area (Å²) in [6, 6.07) is 6.97. The van der Waals surface area contributed by atoms with Gasteiger partial charge in [-0.3, -0.25) is 9.69 Å². The fraction of sp³-hybridized carbons (Fsp3) is 0.667. The van der Waals surface area contributed by atoms with Gasteiger partial charge in [-0.05, 0) is 106 Å². The van der Waals surface area contributed by atoms with E-state index in [-0.39, 0.29) is 5.56 Å². The Labute approximate surface area is 187 Å². The highest BCUT2D eigenvalue weighted by Gasteiger charge is 2.19. The molecule has 3 heterocycles. The van der Waals surface area contributed by atoms with Crippen LogP contribution in [0.1, 0.15) is 74.5 Å². The highest BCUT2D eigenvalue weighted by molar-refractivity contribution is 5.82. The van der Waals surface area contributed by atoms with Crippen LogP contribution >= 0.6 is 0 Å². The van der Waals surface area contributed by atoms with Crippen LogP contribution in [0.25, 0.3) is 10.9 Å². The molecule has 2 saturated heterocycles. The van der Waals surface area contributed by atoms with Crippen molar-refractivity contribution in [3.05, 3.63) is 45.2 Å². The fourth-order valence-corrected chi connectivity index (χ4v) is 5.98. The number of rotatable bonds is 5. The monoisotopic (exact) mass is 421 g/mol. The molecule has 0 unspecified atom stereocenters. The van der Waals surface area contributed by atoms with Crippen molar-refractivity contribution in [3.63, 3.8) is 0 Å². The van der Waals surface area contributed by atoms with E-state index in [1.54, 1.807) is 0 Å². The molecule has 3 aliphatic rings. The van der Waals surface area contributed by atoms with Crippen LogP contribution in [0.4, 0.5) is 0 Å². The summed E-state index contributed by atoms with van der Waals surface area (Å²) in [4.78, 5) is 18.8. The summed E-state index contributed by atoms with van der Waals surface area (Å²) < 4.78 is 2.13. The molecule has 168 valence electrons. The van der Waals surface area contributed by atoms with Crippen molar-refractivity contribution in [3.8, 4) is 0 Å². The third-order valence-electron chi connectivity index (χ3n) is 7.81. The molecule has 4 heteroatoms. The van der Waals surface area contributed by atoms with Gasteiger partial charge >= 0.3 is 0 Å².